The van der Waals surface area contributed by atoms with Crippen molar-refractivity contribution in [1.82, 2.24) is 10.5 Å². The van der Waals surface area contributed by atoms with Crippen LogP contribution in [0.4, 0.5) is 20.2 Å². The number of aryl methyl sites for hydroxylation is 2. The highest BCUT2D eigenvalue weighted by Crippen LogP contribution is 2.32. The summed E-state index contributed by atoms with van der Waals surface area (Å²) in [6.07, 6.45) is 0.398. The molecule has 0 aliphatic heterocycles. The van der Waals surface area contributed by atoms with E-state index < -0.39 is 11.6 Å². The Bertz CT molecular complexity index is 919. The summed E-state index contributed by atoms with van der Waals surface area (Å²) >= 11 is 1.38. The number of halogens is 2. The fraction of sp³-hybridized carbons (Fsp3) is 0.300. The third kappa shape index (κ3) is 7.04. The zero-order chi connectivity index (χ0) is 21.8. The van der Waals surface area contributed by atoms with E-state index in [4.69, 9.17) is 5.11 Å². The van der Waals surface area contributed by atoms with Gasteiger partial charge in [-0.05, 0) is 43.2 Å². The third-order valence-electron chi connectivity index (χ3n) is 3.47. The second-order valence-electron chi connectivity index (χ2n) is 5.50. The number of fused-ring (bicyclic) bond motifs is 1. The summed E-state index contributed by atoms with van der Waals surface area (Å²) in [6, 6.07) is 6.65. The number of carbonyl (C=O) groups excluding carboxylic acids is 1. The Hall–Kier alpha value is -2.62. The van der Waals surface area contributed by atoms with E-state index in [2.05, 4.69) is 15.1 Å². The number of nitrogens with zero attached hydrogens (tertiary/aromatic N) is 1. The predicted octanol–water partition coefficient (Wildman–Crippen LogP) is 4.62. The fourth-order valence-electron chi connectivity index (χ4n) is 2.23. The molecule has 0 saturated carbocycles. The number of aromatic nitrogens is 1. The lowest BCUT2D eigenvalue weighted by Gasteiger charge is -2.12. The highest BCUT2D eigenvalue weighted by Gasteiger charge is 2.14. The van der Waals surface area contributed by atoms with Crippen LogP contribution in [0.2, 0.25) is 0 Å². The number of hydrogen-bond donors (Lipinski definition) is 3. The van der Waals surface area contributed by atoms with Crippen LogP contribution in [-0.4, -0.2) is 29.7 Å². The van der Waals surface area contributed by atoms with Gasteiger partial charge in [0.25, 0.3) is 0 Å². The Kier molecular flexibility index (Phi) is 10.7. The Balaban J connectivity index is 0.000000399. The van der Waals surface area contributed by atoms with E-state index in [0.717, 1.165) is 15.8 Å². The van der Waals surface area contributed by atoms with Crippen molar-refractivity contribution in [3.63, 3.8) is 0 Å². The van der Waals surface area contributed by atoms with E-state index >= 15 is 0 Å². The summed E-state index contributed by atoms with van der Waals surface area (Å²) in [4.78, 5) is 17.6. The number of aliphatic hydroxyl groups excluding tert-OH is 1. The lowest BCUT2D eigenvalue weighted by Crippen LogP contribution is -2.14. The van der Waals surface area contributed by atoms with Crippen LogP contribution < -0.4 is 10.8 Å². The lowest BCUT2D eigenvalue weighted by molar-refractivity contribution is -0.121. The molecule has 0 unspecified atom stereocenters. The highest BCUT2D eigenvalue weighted by molar-refractivity contribution is 7.16. The lowest BCUT2D eigenvalue weighted by atomic mass is 10.1. The van der Waals surface area contributed by atoms with E-state index in [0.29, 0.717) is 11.9 Å². The average Bonchev–Trinajstić information content (AvgIpc) is 3.18. The zero-order valence-corrected chi connectivity index (χ0v) is 17.6. The number of aliphatic hydroxyl groups is 1. The van der Waals surface area contributed by atoms with Gasteiger partial charge in [-0.2, -0.15) is 0 Å². The van der Waals surface area contributed by atoms with Gasteiger partial charge in [-0.1, -0.05) is 19.9 Å². The van der Waals surface area contributed by atoms with Crippen molar-refractivity contribution in [3.8, 4) is 0 Å². The molecule has 3 N–H and O–H groups in total. The maximum atomic E-state index is 14.4. The molecule has 0 saturated heterocycles. The molecule has 3 aromatic rings. The van der Waals surface area contributed by atoms with E-state index in [1.165, 1.54) is 17.4 Å². The number of benzene rings is 2. The molecule has 0 radical (unpaired) electrons. The predicted molar refractivity (Wildman–Crippen MR) is 112 cm³/mol. The Morgan fingerprint density at radius 1 is 1.24 bits per heavy atom. The Morgan fingerprint density at radius 2 is 1.97 bits per heavy atom. The van der Waals surface area contributed by atoms with Gasteiger partial charge in [-0.25, -0.2) is 19.2 Å². The number of carbonyl (C=O) groups is 1. The van der Waals surface area contributed by atoms with Crippen molar-refractivity contribution in [3.05, 3.63) is 52.5 Å². The van der Waals surface area contributed by atoms with Crippen molar-refractivity contribution >= 4 is 39.3 Å². The summed E-state index contributed by atoms with van der Waals surface area (Å²) < 4.78 is 29.1. The average molecular weight is 426 g/mol. The first-order valence-electron chi connectivity index (χ1n) is 8.95. The van der Waals surface area contributed by atoms with Crippen molar-refractivity contribution in [1.29, 1.82) is 0 Å². The molecule has 2 aromatic carbocycles. The molecule has 9 heteroatoms. The molecule has 1 aromatic heterocycles. The molecule has 29 heavy (non-hydrogen) atoms. The normalized spacial score (nSPS) is 9.76. The van der Waals surface area contributed by atoms with Gasteiger partial charge >= 0.3 is 0 Å². The van der Waals surface area contributed by atoms with Crippen molar-refractivity contribution in [2.24, 2.45) is 0 Å². The summed E-state index contributed by atoms with van der Waals surface area (Å²) in [7, 11) is 0. The molecule has 0 bridgehead atoms. The molecule has 1 amide bonds. The van der Waals surface area contributed by atoms with E-state index in [9.17, 15) is 13.6 Å². The van der Waals surface area contributed by atoms with Crippen LogP contribution in [0.5, 0.6) is 0 Å². The smallest absolute Gasteiger partial charge is 0.230 e. The molecular formula is C20H25F2N3O3S. The first-order chi connectivity index (χ1) is 14.0. The molecule has 0 atom stereocenters. The zero-order valence-electron chi connectivity index (χ0n) is 16.8. The van der Waals surface area contributed by atoms with Crippen LogP contribution in [0.15, 0.2) is 29.8 Å². The second kappa shape index (κ2) is 12.8. The highest BCUT2D eigenvalue weighted by atomic mass is 32.1. The molecular weight excluding hydrogens is 400 g/mol. The minimum Gasteiger partial charge on any atom is -0.394 e. The SMILES string of the molecule is CC.Cc1ccc(Nc2c(C)cc3scnc3c2F)c(F)c1.O=CNOCCO. The van der Waals surface area contributed by atoms with E-state index in [-0.39, 0.29) is 24.6 Å². The Labute approximate surface area is 172 Å². The largest absolute Gasteiger partial charge is 0.394 e. The van der Waals surface area contributed by atoms with Gasteiger partial charge in [-0.15, -0.1) is 11.3 Å². The van der Waals surface area contributed by atoms with Gasteiger partial charge in [0.15, 0.2) is 5.82 Å². The number of nitrogens with one attached hydrogen (secondary N) is 2. The van der Waals surface area contributed by atoms with Crippen LogP contribution in [0.25, 0.3) is 10.2 Å². The van der Waals surface area contributed by atoms with Crippen LogP contribution in [0.1, 0.15) is 25.0 Å². The monoisotopic (exact) mass is 425 g/mol. The minimum atomic E-state index is -0.443. The van der Waals surface area contributed by atoms with Crippen LogP contribution in [-0.2, 0) is 9.63 Å². The van der Waals surface area contributed by atoms with Gasteiger partial charge in [0.1, 0.15) is 11.3 Å². The maximum absolute atomic E-state index is 14.4. The number of amides is 1. The van der Waals surface area contributed by atoms with E-state index in [1.807, 2.05) is 25.4 Å². The van der Waals surface area contributed by atoms with Gasteiger partial charge in [-0.3, -0.25) is 9.63 Å². The van der Waals surface area contributed by atoms with Crippen LogP contribution >= 0.6 is 11.3 Å². The first-order valence-corrected chi connectivity index (χ1v) is 9.83. The van der Waals surface area contributed by atoms with Crippen LogP contribution in [0, 0.1) is 25.5 Å². The standard InChI is InChI=1S/C15H12F2N2S.C3H7NO3.C2H6/c1-8-3-4-11(10(16)5-8)19-14-9(2)6-12-15(13(14)17)18-7-20-12;5-1-2-7-4-3-6;1-2/h3-7,19H,1-2H3;3,5H,1-2H2,(H,4,6);1-2H3. The van der Waals surface area contributed by atoms with Crippen molar-refractivity contribution in [2.75, 3.05) is 18.5 Å². The summed E-state index contributed by atoms with van der Waals surface area (Å²) in [5.74, 6) is -0.844. The number of hydroxylamine groups is 1. The number of hydrogen-bond acceptors (Lipinski definition) is 6. The van der Waals surface area contributed by atoms with Crippen molar-refractivity contribution in [2.45, 2.75) is 27.7 Å². The fourth-order valence-corrected chi connectivity index (χ4v) is 3.00. The molecule has 3 rings (SSSR count). The molecule has 1 heterocycles. The molecule has 0 fully saturated rings. The molecule has 6 nitrogen and oxygen atoms in total. The second-order valence-corrected chi connectivity index (χ2v) is 6.38. The van der Waals surface area contributed by atoms with E-state index in [1.54, 1.807) is 31.5 Å². The summed E-state index contributed by atoms with van der Waals surface area (Å²) in [6.45, 7) is 7.65. The summed E-state index contributed by atoms with van der Waals surface area (Å²) in [5, 5.41) is 10.8. The topological polar surface area (TPSA) is 83.5 Å². The molecule has 0 spiro atoms. The first kappa shape index (κ1) is 24.4. The molecule has 0 aliphatic rings. The van der Waals surface area contributed by atoms with Crippen LogP contribution in [0.3, 0.4) is 0 Å². The van der Waals surface area contributed by atoms with Gasteiger partial charge in [0, 0.05) is 0 Å². The summed E-state index contributed by atoms with van der Waals surface area (Å²) in [5.41, 5.74) is 5.89. The van der Waals surface area contributed by atoms with Gasteiger partial charge in [0.05, 0.1) is 34.8 Å². The number of anilines is 2. The maximum Gasteiger partial charge on any atom is 0.230 e. The third-order valence-corrected chi connectivity index (χ3v) is 4.25. The quantitative estimate of drug-likeness (QED) is 0.305. The number of thiazole rings is 1. The molecule has 158 valence electrons. The van der Waals surface area contributed by atoms with Gasteiger partial charge in [0.2, 0.25) is 6.41 Å². The Morgan fingerprint density at radius 3 is 2.59 bits per heavy atom. The van der Waals surface area contributed by atoms with Gasteiger partial charge < -0.3 is 10.4 Å². The van der Waals surface area contributed by atoms with Crippen molar-refractivity contribution < 1.29 is 23.5 Å². The minimum absolute atomic E-state index is 0.0825. The number of rotatable bonds is 6. The molecule has 0 aliphatic carbocycles.